The van der Waals surface area contributed by atoms with E-state index in [1.165, 1.54) is 11.3 Å². The maximum absolute atomic E-state index is 13.0. The Kier molecular flexibility index (Phi) is 5.90. The van der Waals surface area contributed by atoms with Crippen LogP contribution in [0.2, 0.25) is 0 Å². The number of thiophene rings is 1. The van der Waals surface area contributed by atoms with Crippen LogP contribution in [0.3, 0.4) is 0 Å². The van der Waals surface area contributed by atoms with E-state index in [4.69, 9.17) is 9.47 Å². The average Bonchev–Trinajstić information content (AvgIpc) is 3.55. The van der Waals surface area contributed by atoms with Crippen molar-refractivity contribution >= 4 is 23.2 Å². The number of likely N-dealkylation sites (tertiary alicyclic amines) is 1. The molecule has 1 fully saturated rings. The first-order valence-corrected chi connectivity index (χ1v) is 11.9. The maximum atomic E-state index is 13.0. The molecule has 0 unspecified atom stereocenters. The summed E-state index contributed by atoms with van der Waals surface area (Å²) in [6, 6.07) is 9.46. The fourth-order valence-electron chi connectivity index (χ4n) is 4.60. The molecule has 0 bridgehead atoms. The summed E-state index contributed by atoms with van der Waals surface area (Å²) in [4.78, 5) is 32.2. The second-order valence-corrected chi connectivity index (χ2v) is 9.16. The monoisotopic (exact) mass is 466 g/mol. The molecule has 1 N–H and O–H groups in total. The Morgan fingerprint density at radius 2 is 2.15 bits per heavy atom. The summed E-state index contributed by atoms with van der Waals surface area (Å²) < 4.78 is 13.7. The van der Waals surface area contributed by atoms with Gasteiger partial charge in [-0.05, 0) is 29.1 Å². The summed E-state index contributed by atoms with van der Waals surface area (Å²) in [6.07, 6.45) is 4.21. The lowest BCUT2D eigenvalue weighted by Gasteiger charge is -2.45. The van der Waals surface area contributed by atoms with Gasteiger partial charge in [-0.25, -0.2) is 4.98 Å². The van der Waals surface area contributed by atoms with E-state index < -0.39 is 11.7 Å². The van der Waals surface area contributed by atoms with Gasteiger partial charge in [0, 0.05) is 50.2 Å². The van der Waals surface area contributed by atoms with Crippen LogP contribution in [0.25, 0.3) is 0 Å². The molecule has 9 heteroatoms. The maximum Gasteiger partial charge on any atom is 0.254 e. The highest BCUT2D eigenvalue weighted by Gasteiger charge is 2.47. The predicted molar refractivity (Wildman–Crippen MR) is 123 cm³/mol. The van der Waals surface area contributed by atoms with Gasteiger partial charge in [0.25, 0.3) is 11.8 Å². The topological polar surface area (TPSA) is 85.7 Å². The minimum absolute atomic E-state index is 0.0397. The van der Waals surface area contributed by atoms with E-state index >= 15 is 0 Å². The molecular formula is C24H26N4O4S. The molecule has 2 aliphatic heterocycles. The van der Waals surface area contributed by atoms with Crippen LogP contribution in [0, 0.1) is 0 Å². The molecule has 1 atom stereocenters. The Hall–Kier alpha value is -3.17. The molecule has 2 aromatic heterocycles. The summed E-state index contributed by atoms with van der Waals surface area (Å²) >= 11 is 1.52. The molecular weight excluding hydrogens is 440 g/mol. The third kappa shape index (κ3) is 4.26. The summed E-state index contributed by atoms with van der Waals surface area (Å²) in [7, 11) is 1.62. The normalized spacial score (nSPS) is 19.2. The van der Waals surface area contributed by atoms with Gasteiger partial charge in [0.1, 0.15) is 17.2 Å². The molecule has 2 aliphatic rings. The van der Waals surface area contributed by atoms with Crippen molar-refractivity contribution in [3.05, 3.63) is 70.4 Å². The number of benzene rings is 1. The standard InChI is InChI=1S/C24H26N4O4S/c1-31-19-4-2-3-17(13-19)14-26-21(29)20-15-28-11-8-25-23(28)24(32-20)6-9-27(10-7-24)22(30)18-5-12-33-16-18/h2-5,8,11-13,16,20H,6-7,9-10,14-15H2,1H3,(H,26,29)/t20-/m1/s1. The van der Waals surface area contributed by atoms with Gasteiger partial charge in [-0.1, -0.05) is 12.1 Å². The van der Waals surface area contributed by atoms with Crippen LogP contribution in [0.1, 0.15) is 34.6 Å². The van der Waals surface area contributed by atoms with Crippen molar-refractivity contribution in [3.63, 3.8) is 0 Å². The van der Waals surface area contributed by atoms with Crippen LogP contribution in [0.5, 0.6) is 5.75 Å². The molecule has 4 heterocycles. The summed E-state index contributed by atoms with van der Waals surface area (Å²) in [5.74, 6) is 1.47. The number of hydrogen-bond acceptors (Lipinski definition) is 6. The molecule has 172 valence electrons. The minimum atomic E-state index is -0.675. The minimum Gasteiger partial charge on any atom is -0.497 e. The van der Waals surface area contributed by atoms with E-state index in [0.29, 0.717) is 39.0 Å². The van der Waals surface area contributed by atoms with E-state index in [0.717, 1.165) is 22.7 Å². The third-order valence-electron chi connectivity index (χ3n) is 6.37. The van der Waals surface area contributed by atoms with E-state index in [1.54, 1.807) is 13.3 Å². The van der Waals surface area contributed by atoms with Crippen molar-refractivity contribution in [2.45, 2.75) is 37.6 Å². The van der Waals surface area contributed by atoms with Crippen LogP contribution in [0.4, 0.5) is 0 Å². The van der Waals surface area contributed by atoms with Gasteiger partial charge in [0.15, 0.2) is 6.10 Å². The van der Waals surface area contributed by atoms with Gasteiger partial charge in [-0.3, -0.25) is 9.59 Å². The Balaban J connectivity index is 1.27. The molecule has 0 saturated carbocycles. The highest BCUT2D eigenvalue weighted by Crippen LogP contribution is 2.40. The van der Waals surface area contributed by atoms with Crippen LogP contribution in [-0.2, 0) is 28.2 Å². The van der Waals surface area contributed by atoms with Crippen LogP contribution < -0.4 is 10.1 Å². The summed E-state index contributed by atoms with van der Waals surface area (Å²) in [6.45, 7) is 1.92. The number of imidazole rings is 1. The summed E-state index contributed by atoms with van der Waals surface area (Å²) in [5, 5.41) is 6.78. The zero-order valence-corrected chi connectivity index (χ0v) is 19.2. The smallest absolute Gasteiger partial charge is 0.254 e. The van der Waals surface area contributed by atoms with E-state index in [2.05, 4.69) is 10.3 Å². The first kappa shape index (κ1) is 21.7. The first-order valence-electron chi connectivity index (χ1n) is 11.0. The Morgan fingerprint density at radius 1 is 1.30 bits per heavy atom. The van der Waals surface area contributed by atoms with Crippen LogP contribution in [0.15, 0.2) is 53.5 Å². The van der Waals surface area contributed by atoms with Crippen molar-refractivity contribution < 1.29 is 19.1 Å². The largest absolute Gasteiger partial charge is 0.497 e. The Morgan fingerprint density at radius 3 is 2.91 bits per heavy atom. The number of nitrogens with one attached hydrogen (secondary N) is 1. The van der Waals surface area contributed by atoms with Crippen molar-refractivity contribution in [2.24, 2.45) is 0 Å². The molecule has 1 aromatic carbocycles. The number of carbonyl (C=O) groups is 2. The number of hydrogen-bond donors (Lipinski definition) is 1. The highest BCUT2D eigenvalue weighted by molar-refractivity contribution is 7.08. The molecule has 1 saturated heterocycles. The molecule has 0 radical (unpaired) electrons. The van der Waals surface area contributed by atoms with Crippen molar-refractivity contribution in [1.29, 1.82) is 0 Å². The van der Waals surface area contributed by atoms with Gasteiger partial charge in [-0.15, -0.1) is 0 Å². The van der Waals surface area contributed by atoms with E-state index in [-0.39, 0.29) is 11.8 Å². The van der Waals surface area contributed by atoms with Gasteiger partial charge >= 0.3 is 0 Å². The van der Waals surface area contributed by atoms with Crippen molar-refractivity contribution in [3.8, 4) is 5.75 Å². The number of methoxy groups -OCH3 is 1. The van der Waals surface area contributed by atoms with Gasteiger partial charge < -0.3 is 24.3 Å². The molecule has 8 nitrogen and oxygen atoms in total. The number of carbonyl (C=O) groups excluding carboxylic acids is 2. The van der Waals surface area contributed by atoms with Crippen molar-refractivity contribution in [2.75, 3.05) is 20.2 Å². The number of ether oxygens (including phenoxy) is 2. The number of aromatic nitrogens is 2. The number of amides is 2. The number of piperidine rings is 1. The Labute approximate surface area is 196 Å². The number of fused-ring (bicyclic) bond motifs is 2. The molecule has 33 heavy (non-hydrogen) atoms. The molecule has 2 amide bonds. The quantitative estimate of drug-likeness (QED) is 0.625. The van der Waals surface area contributed by atoms with Gasteiger partial charge in [-0.2, -0.15) is 11.3 Å². The fourth-order valence-corrected chi connectivity index (χ4v) is 5.23. The molecule has 5 rings (SSSR count). The highest BCUT2D eigenvalue weighted by atomic mass is 32.1. The summed E-state index contributed by atoms with van der Waals surface area (Å²) in [5.41, 5.74) is 0.999. The zero-order valence-electron chi connectivity index (χ0n) is 18.4. The lowest BCUT2D eigenvalue weighted by Crippen LogP contribution is -2.54. The number of nitrogens with zero attached hydrogens (tertiary/aromatic N) is 3. The van der Waals surface area contributed by atoms with E-state index in [1.807, 2.05) is 56.8 Å². The second kappa shape index (κ2) is 8.99. The van der Waals surface area contributed by atoms with Crippen LogP contribution in [-0.4, -0.2) is 52.6 Å². The van der Waals surface area contributed by atoms with Gasteiger partial charge in [0.2, 0.25) is 0 Å². The number of rotatable bonds is 5. The molecule has 3 aromatic rings. The SMILES string of the molecule is COc1cccc(CNC(=O)[C@H]2Cn3ccnc3C3(CCN(C(=O)c4ccsc4)CC3)O2)c1. The Bertz CT molecular complexity index is 1140. The lowest BCUT2D eigenvalue weighted by atomic mass is 9.88. The average molecular weight is 467 g/mol. The van der Waals surface area contributed by atoms with Crippen LogP contribution >= 0.6 is 11.3 Å². The molecule has 1 spiro atoms. The lowest BCUT2D eigenvalue weighted by molar-refractivity contribution is -0.172. The fraction of sp³-hybridized carbons (Fsp3) is 0.375. The zero-order chi connectivity index (χ0) is 22.8. The van der Waals surface area contributed by atoms with Crippen molar-refractivity contribution in [1.82, 2.24) is 19.8 Å². The predicted octanol–water partition coefficient (Wildman–Crippen LogP) is 2.80. The van der Waals surface area contributed by atoms with E-state index in [9.17, 15) is 9.59 Å². The molecule has 0 aliphatic carbocycles. The van der Waals surface area contributed by atoms with Gasteiger partial charge in [0.05, 0.1) is 19.2 Å². The third-order valence-corrected chi connectivity index (χ3v) is 7.06. The second-order valence-electron chi connectivity index (χ2n) is 8.38. The first-order chi connectivity index (χ1) is 16.1.